The van der Waals surface area contributed by atoms with Gasteiger partial charge < -0.3 is 4.74 Å². The van der Waals surface area contributed by atoms with Gasteiger partial charge in [-0.15, -0.1) is 0 Å². The van der Waals surface area contributed by atoms with Gasteiger partial charge in [0, 0.05) is 0 Å². The molecule has 0 amide bonds. The van der Waals surface area contributed by atoms with E-state index in [1.807, 2.05) is 24.3 Å². The lowest BCUT2D eigenvalue weighted by atomic mass is 10.0. The fraction of sp³-hybridized carbons (Fsp3) is 0.429. The molecule has 0 heterocycles. The quantitative estimate of drug-likeness (QED) is 0.385. The Balaban J connectivity index is 2.00. The molecule has 2 rings (SSSR count). The fourth-order valence-electron chi connectivity index (χ4n) is 2.95. The van der Waals surface area contributed by atoms with E-state index >= 15 is 0 Å². The summed E-state index contributed by atoms with van der Waals surface area (Å²) in [6.07, 6.45) is 9.55. The minimum Gasteiger partial charge on any atom is -0.456 e. The normalized spacial score (nSPS) is 11.5. The lowest BCUT2D eigenvalue weighted by molar-refractivity contribution is 0.445. The van der Waals surface area contributed by atoms with Crippen molar-refractivity contribution >= 4 is 10.1 Å². The molecule has 26 heavy (non-hydrogen) atoms. The molecule has 0 bridgehead atoms. The van der Waals surface area contributed by atoms with Crippen LogP contribution in [-0.4, -0.2) is 13.0 Å². The van der Waals surface area contributed by atoms with Crippen molar-refractivity contribution in [1.82, 2.24) is 0 Å². The lowest BCUT2D eigenvalue weighted by Gasteiger charge is -2.13. The Hall–Kier alpha value is -1.85. The fourth-order valence-corrected chi connectivity index (χ4v) is 3.56. The van der Waals surface area contributed by atoms with E-state index in [2.05, 4.69) is 6.92 Å². The van der Waals surface area contributed by atoms with Crippen LogP contribution in [0, 0.1) is 0 Å². The highest BCUT2D eigenvalue weighted by molar-refractivity contribution is 7.86. The van der Waals surface area contributed by atoms with Crippen molar-refractivity contribution < 1.29 is 17.7 Å². The summed E-state index contributed by atoms with van der Waals surface area (Å²) in [7, 11) is -4.32. The van der Waals surface area contributed by atoms with E-state index in [9.17, 15) is 13.0 Å². The minimum absolute atomic E-state index is 0.141. The second-order valence-electron chi connectivity index (χ2n) is 6.50. The Kier molecular flexibility index (Phi) is 8.13. The summed E-state index contributed by atoms with van der Waals surface area (Å²) in [4.78, 5) is -0.217. The van der Waals surface area contributed by atoms with Crippen LogP contribution in [0.2, 0.25) is 0 Å². The summed E-state index contributed by atoms with van der Waals surface area (Å²) in [5.74, 6) is 0.775. The van der Waals surface area contributed by atoms with Gasteiger partial charge in [0.1, 0.15) is 16.4 Å². The van der Waals surface area contributed by atoms with Crippen molar-refractivity contribution in [3.63, 3.8) is 0 Å². The van der Waals surface area contributed by atoms with Crippen LogP contribution in [0.3, 0.4) is 0 Å². The Morgan fingerprint density at radius 2 is 1.38 bits per heavy atom. The van der Waals surface area contributed by atoms with E-state index in [-0.39, 0.29) is 10.6 Å². The minimum atomic E-state index is -4.32. The monoisotopic (exact) mass is 376 g/mol. The Bertz CT molecular complexity index is 784. The van der Waals surface area contributed by atoms with E-state index in [1.54, 1.807) is 18.2 Å². The number of para-hydroxylation sites is 2. The van der Waals surface area contributed by atoms with Gasteiger partial charge in [-0.1, -0.05) is 75.8 Å². The van der Waals surface area contributed by atoms with Crippen LogP contribution < -0.4 is 4.74 Å². The van der Waals surface area contributed by atoms with E-state index in [0.717, 1.165) is 18.4 Å². The predicted molar refractivity (Wildman–Crippen MR) is 104 cm³/mol. The first-order chi connectivity index (χ1) is 12.5. The summed E-state index contributed by atoms with van der Waals surface area (Å²) in [6, 6.07) is 13.8. The van der Waals surface area contributed by atoms with Crippen molar-refractivity contribution in [3.8, 4) is 11.5 Å². The highest BCUT2D eigenvalue weighted by Gasteiger charge is 2.17. The molecule has 0 aromatic heterocycles. The Morgan fingerprint density at radius 1 is 0.808 bits per heavy atom. The Labute approximate surface area is 157 Å². The summed E-state index contributed by atoms with van der Waals surface area (Å²) >= 11 is 0. The third-order valence-corrected chi connectivity index (χ3v) is 5.26. The van der Waals surface area contributed by atoms with Crippen LogP contribution in [0.1, 0.15) is 57.4 Å². The molecular formula is C21H28O4S. The van der Waals surface area contributed by atoms with E-state index in [4.69, 9.17) is 4.74 Å². The first-order valence-electron chi connectivity index (χ1n) is 9.34. The second kappa shape index (κ2) is 10.3. The molecule has 0 unspecified atom stereocenters. The summed E-state index contributed by atoms with van der Waals surface area (Å²) < 4.78 is 38.3. The van der Waals surface area contributed by atoms with E-state index < -0.39 is 10.1 Å². The first kappa shape index (κ1) is 20.5. The van der Waals surface area contributed by atoms with Crippen LogP contribution in [0.5, 0.6) is 11.5 Å². The topological polar surface area (TPSA) is 63.6 Å². The summed E-state index contributed by atoms with van der Waals surface area (Å²) in [5, 5.41) is 0. The Morgan fingerprint density at radius 3 is 2.08 bits per heavy atom. The number of rotatable bonds is 11. The molecular weight excluding hydrogens is 348 g/mol. The van der Waals surface area contributed by atoms with Gasteiger partial charge in [-0.05, 0) is 36.6 Å². The molecule has 2 aromatic rings. The average Bonchev–Trinajstić information content (AvgIpc) is 2.62. The maximum atomic E-state index is 11.5. The number of unbranched alkanes of at least 4 members (excludes halogenated alkanes) is 6. The van der Waals surface area contributed by atoms with Gasteiger partial charge in [-0.3, -0.25) is 4.55 Å². The van der Waals surface area contributed by atoms with Crippen molar-refractivity contribution in [1.29, 1.82) is 0 Å². The molecule has 0 radical (unpaired) electrons. The van der Waals surface area contributed by atoms with Crippen molar-refractivity contribution in [2.75, 3.05) is 0 Å². The zero-order chi connectivity index (χ0) is 18.8. The van der Waals surface area contributed by atoms with Gasteiger partial charge in [0.05, 0.1) is 0 Å². The molecule has 0 aliphatic carbocycles. The van der Waals surface area contributed by atoms with Gasteiger partial charge in [0.25, 0.3) is 10.1 Å². The number of aryl methyl sites for hydroxylation is 1. The van der Waals surface area contributed by atoms with Crippen LogP contribution in [0.15, 0.2) is 53.4 Å². The highest BCUT2D eigenvalue weighted by atomic mass is 32.2. The first-order valence-corrected chi connectivity index (χ1v) is 10.8. The third-order valence-electron chi connectivity index (χ3n) is 4.37. The van der Waals surface area contributed by atoms with Gasteiger partial charge in [-0.25, -0.2) is 0 Å². The van der Waals surface area contributed by atoms with Gasteiger partial charge in [0.15, 0.2) is 0 Å². The molecule has 0 atom stereocenters. The molecule has 0 aliphatic heterocycles. The molecule has 1 N–H and O–H groups in total. The number of benzene rings is 2. The van der Waals surface area contributed by atoms with E-state index in [0.29, 0.717) is 5.75 Å². The maximum absolute atomic E-state index is 11.5. The summed E-state index contributed by atoms with van der Waals surface area (Å²) in [6.45, 7) is 2.22. The molecule has 0 aliphatic rings. The molecule has 0 fully saturated rings. The van der Waals surface area contributed by atoms with Crippen LogP contribution in [-0.2, 0) is 16.5 Å². The van der Waals surface area contributed by atoms with Crippen molar-refractivity contribution in [2.24, 2.45) is 0 Å². The van der Waals surface area contributed by atoms with Gasteiger partial charge in [0.2, 0.25) is 0 Å². The number of hydrogen-bond donors (Lipinski definition) is 1. The van der Waals surface area contributed by atoms with Crippen LogP contribution >= 0.6 is 0 Å². The van der Waals surface area contributed by atoms with Gasteiger partial charge >= 0.3 is 0 Å². The smallest absolute Gasteiger partial charge is 0.298 e. The van der Waals surface area contributed by atoms with Crippen LogP contribution in [0.4, 0.5) is 0 Å². The van der Waals surface area contributed by atoms with Crippen molar-refractivity contribution in [3.05, 3.63) is 54.1 Å². The maximum Gasteiger partial charge on any atom is 0.298 e. The summed E-state index contributed by atoms with van der Waals surface area (Å²) in [5.41, 5.74) is 1.05. The molecule has 0 spiro atoms. The average molecular weight is 377 g/mol. The SMILES string of the molecule is CCCCCCCCCc1ccccc1Oc1ccccc1S(=O)(=O)O. The number of hydrogen-bond acceptors (Lipinski definition) is 3. The van der Waals surface area contributed by atoms with Gasteiger partial charge in [-0.2, -0.15) is 8.42 Å². The number of ether oxygens (including phenoxy) is 1. The highest BCUT2D eigenvalue weighted by Crippen LogP contribution is 2.31. The standard InChI is InChI=1S/C21H28O4S/c1-2-3-4-5-6-7-8-13-18-14-9-10-15-19(18)25-20-16-11-12-17-21(20)26(22,23)24/h9-12,14-17H,2-8,13H2,1H3,(H,22,23,24). The second-order valence-corrected chi connectivity index (χ2v) is 7.89. The molecule has 0 saturated carbocycles. The van der Waals surface area contributed by atoms with Crippen LogP contribution in [0.25, 0.3) is 0 Å². The van der Waals surface area contributed by atoms with E-state index in [1.165, 1.54) is 44.6 Å². The lowest BCUT2D eigenvalue weighted by Crippen LogP contribution is -2.01. The van der Waals surface area contributed by atoms with Crippen molar-refractivity contribution in [2.45, 2.75) is 63.2 Å². The molecule has 4 nitrogen and oxygen atoms in total. The molecule has 5 heteroatoms. The third kappa shape index (κ3) is 6.46. The molecule has 0 saturated heterocycles. The zero-order valence-electron chi connectivity index (χ0n) is 15.4. The zero-order valence-corrected chi connectivity index (χ0v) is 16.2. The predicted octanol–water partition coefficient (Wildman–Crippen LogP) is 6.02. The largest absolute Gasteiger partial charge is 0.456 e. The molecule has 142 valence electrons. The molecule has 2 aromatic carbocycles.